The van der Waals surface area contributed by atoms with E-state index in [1.165, 1.54) is 57.8 Å². The van der Waals surface area contributed by atoms with Crippen molar-refractivity contribution in [1.82, 2.24) is 0 Å². The van der Waals surface area contributed by atoms with E-state index < -0.39 is 0 Å². The number of hydrogen-bond acceptors (Lipinski definition) is 2. The molecule has 0 heterocycles. The number of rotatable bonds is 1. The van der Waals surface area contributed by atoms with E-state index >= 15 is 0 Å². The number of allylic oxidation sites excluding steroid dienone is 2. The summed E-state index contributed by atoms with van der Waals surface area (Å²) in [5.41, 5.74) is 3.90. The molecule has 0 aromatic heterocycles. The van der Waals surface area contributed by atoms with Crippen LogP contribution >= 0.6 is 0 Å². The molecule has 4 fully saturated rings. The van der Waals surface area contributed by atoms with E-state index in [1.54, 1.807) is 6.92 Å². The molecule has 0 spiro atoms. The van der Waals surface area contributed by atoms with E-state index in [2.05, 4.69) is 61.5 Å². The van der Waals surface area contributed by atoms with E-state index in [4.69, 9.17) is 4.74 Å². The van der Waals surface area contributed by atoms with Crippen LogP contribution in [0.25, 0.3) is 0 Å². The Labute approximate surface area is 210 Å². The molecule has 5 rings (SSSR count). The first-order valence-corrected chi connectivity index (χ1v) is 14.5. The quantitative estimate of drug-likeness (QED) is 0.284. The minimum absolute atomic E-state index is 0.0493. The van der Waals surface area contributed by atoms with Gasteiger partial charge in [-0.1, -0.05) is 67.0 Å². The second-order valence-corrected chi connectivity index (χ2v) is 15.9. The largest absolute Gasteiger partial charge is 0.462 e. The summed E-state index contributed by atoms with van der Waals surface area (Å²) in [7, 11) is 0. The lowest BCUT2D eigenvalue weighted by Gasteiger charge is -2.70. The van der Waals surface area contributed by atoms with Crippen molar-refractivity contribution in [3.63, 3.8) is 0 Å². The molecule has 0 aliphatic heterocycles. The van der Waals surface area contributed by atoms with E-state index in [-0.39, 0.29) is 17.5 Å². The molecule has 0 radical (unpaired) electrons. The molecule has 0 bridgehead atoms. The van der Waals surface area contributed by atoms with Crippen LogP contribution in [0.1, 0.15) is 127 Å². The molecule has 0 N–H and O–H groups in total. The van der Waals surface area contributed by atoms with Gasteiger partial charge in [-0.05, 0) is 109 Å². The first-order valence-electron chi connectivity index (χ1n) is 14.5. The lowest BCUT2D eigenvalue weighted by atomic mass is 9.34. The van der Waals surface area contributed by atoms with Crippen LogP contribution < -0.4 is 0 Å². The summed E-state index contributed by atoms with van der Waals surface area (Å²) < 4.78 is 5.90. The number of fused-ring (bicyclic) bond motifs is 7. The smallest absolute Gasteiger partial charge is 0.302 e. The van der Waals surface area contributed by atoms with Crippen LogP contribution in [0.5, 0.6) is 0 Å². The maximum Gasteiger partial charge on any atom is 0.302 e. The maximum atomic E-state index is 11.9. The highest BCUT2D eigenvalue weighted by Crippen LogP contribution is 2.75. The van der Waals surface area contributed by atoms with Gasteiger partial charge >= 0.3 is 5.97 Å². The van der Waals surface area contributed by atoms with Crippen molar-refractivity contribution in [3.05, 3.63) is 11.6 Å². The molecule has 0 saturated heterocycles. The SMILES string of the molecule is CC(=O)OC1CC[C@@]2(C)[C@H](CC[C@@]3(C)C4=CC[C@@]5(C)CCC(C)(C)C[C@H]5[C@]4(C)CC[C@H]23)C1(C)C. The predicted octanol–water partition coefficient (Wildman–Crippen LogP) is 8.74. The molecule has 0 aromatic rings. The molecule has 5 aliphatic carbocycles. The van der Waals surface area contributed by atoms with E-state index in [0.717, 1.165) is 18.3 Å². The number of hydrogen-bond donors (Lipinski definition) is 0. The van der Waals surface area contributed by atoms with Crippen LogP contribution in [-0.4, -0.2) is 12.1 Å². The van der Waals surface area contributed by atoms with Crippen LogP contribution in [0, 0.1) is 50.2 Å². The zero-order valence-corrected chi connectivity index (χ0v) is 23.8. The Hall–Kier alpha value is -0.790. The van der Waals surface area contributed by atoms with Gasteiger partial charge in [0.2, 0.25) is 0 Å². The second-order valence-electron chi connectivity index (χ2n) is 15.9. The summed E-state index contributed by atoms with van der Waals surface area (Å²) in [6.07, 6.45) is 15.9. The molecule has 0 amide bonds. The zero-order chi connectivity index (χ0) is 24.9. The van der Waals surface area contributed by atoms with Gasteiger partial charge in [0, 0.05) is 12.3 Å². The number of carbonyl (C=O) groups excluding carboxylic acids is 1. The molecule has 34 heavy (non-hydrogen) atoms. The predicted molar refractivity (Wildman–Crippen MR) is 140 cm³/mol. The average Bonchev–Trinajstić information content (AvgIpc) is 2.70. The van der Waals surface area contributed by atoms with E-state index in [9.17, 15) is 4.79 Å². The average molecular weight is 469 g/mol. The lowest BCUT2D eigenvalue weighted by Crippen LogP contribution is -2.63. The van der Waals surface area contributed by atoms with Gasteiger partial charge in [-0.15, -0.1) is 0 Å². The Morgan fingerprint density at radius 3 is 2.06 bits per heavy atom. The van der Waals surface area contributed by atoms with Crippen molar-refractivity contribution in [2.45, 2.75) is 133 Å². The third-order valence-electron chi connectivity index (χ3n) is 13.0. The molecule has 4 saturated carbocycles. The van der Waals surface area contributed by atoms with Crippen molar-refractivity contribution in [2.24, 2.45) is 50.2 Å². The van der Waals surface area contributed by atoms with Crippen molar-refractivity contribution < 1.29 is 9.53 Å². The van der Waals surface area contributed by atoms with Gasteiger partial charge in [0.1, 0.15) is 6.10 Å². The van der Waals surface area contributed by atoms with E-state index in [0.29, 0.717) is 33.0 Å². The fourth-order valence-corrected chi connectivity index (χ4v) is 11.2. The maximum absolute atomic E-state index is 11.9. The molecular weight excluding hydrogens is 416 g/mol. The minimum Gasteiger partial charge on any atom is -0.462 e. The molecule has 1 unspecified atom stereocenters. The highest BCUT2D eigenvalue weighted by atomic mass is 16.5. The monoisotopic (exact) mass is 468 g/mol. The summed E-state index contributed by atoms with van der Waals surface area (Å²) in [5.74, 6) is 2.09. The zero-order valence-electron chi connectivity index (χ0n) is 23.8. The van der Waals surface area contributed by atoms with Gasteiger partial charge in [0.05, 0.1) is 0 Å². The number of esters is 1. The second kappa shape index (κ2) is 7.38. The normalized spacial score (nSPS) is 51.1. The van der Waals surface area contributed by atoms with Crippen LogP contribution in [-0.2, 0) is 9.53 Å². The molecule has 2 nitrogen and oxygen atoms in total. The molecule has 5 aliphatic rings. The van der Waals surface area contributed by atoms with Crippen LogP contribution in [0.15, 0.2) is 11.6 Å². The highest BCUT2D eigenvalue weighted by Gasteiger charge is 2.67. The topological polar surface area (TPSA) is 26.3 Å². The summed E-state index contributed by atoms with van der Waals surface area (Å²) in [6, 6.07) is 0. The molecule has 2 heteroatoms. The van der Waals surface area contributed by atoms with Gasteiger partial charge in [-0.3, -0.25) is 4.79 Å². The van der Waals surface area contributed by atoms with Crippen LogP contribution in [0.4, 0.5) is 0 Å². The summed E-state index contributed by atoms with van der Waals surface area (Å²) in [4.78, 5) is 11.9. The summed E-state index contributed by atoms with van der Waals surface area (Å²) in [5, 5.41) is 0. The molecule has 0 aromatic carbocycles. The Balaban J connectivity index is 1.51. The van der Waals surface area contributed by atoms with Crippen molar-refractivity contribution >= 4 is 5.97 Å². The van der Waals surface area contributed by atoms with Crippen LogP contribution in [0.3, 0.4) is 0 Å². The van der Waals surface area contributed by atoms with E-state index in [1.807, 2.05) is 5.57 Å². The standard InChI is InChI=1S/C32H52O2/c1-21(33)34-26-13-17-30(7)22(28(26,4)5)11-15-31(8)23-10-14-29(6)19-18-27(2,3)20-25(29)32(23,9)16-12-24(30)31/h10,22,24-26H,11-20H2,1-9H3/t22-,24-,25-,26?,29+,30+,31+,32-/m1/s1. The Bertz CT molecular complexity index is 897. The molecule has 192 valence electrons. The van der Waals surface area contributed by atoms with Gasteiger partial charge < -0.3 is 4.74 Å². The minimum atomic E-state index is -0.110. The first-order chi connectivity index (χ1) is 15.6. The Morgan fingerprint density at radius 2 is 1.41 bits per heavy atom. The Kier molecular flexibility index (Phi) is 5.40. The highest BCUT2D eigenvalue weighted by molar-refractivity contribution is 5.66. The third-order valence-corrected chi connectivity index (χ3v) is 13.0. The van der Waals surface area contributed by atoms with Gasteiger partial charge in [0.25, 0.3) is 0 Å². The van der Waals surface area contributed by atoms with Crippen molar-refractivity contribution in [3.8, 4) is 0 Å². The number of carbonyl (C=O) groups is 1. The van der Waals surface area contributed by atoms with Crippen molar-refractivity contribution in [1.29, 1.82) is 0 Å². The summed E-state index contributed by atoms with van der Waals surface area (Å²) >= 11 is 0. The lowest BCUT2D eigenvalue weighted by molar-refractivity contribution is -0.198. The van der Waals surface area contributed by atoms with Gasteiger partial charge in [-0.25, -0.2) is 0 Å². The van der Waals surface area contributed by atoms with Crippen LogP contribution in [0.2, 0.25) is 0 Å². The molecule has 8 atom stereocenters. The first kappa shape index (κ1) is 24.9. The fourth-order valence-electron chi connectivity index (χ4n) is 11.2. The van der Waals surface area contributed by atoms with Crippen molar-refractivity contribution in [2.75, 3.05) is 0 Å². The molecular formula is C32H52O2. The third kappa shape index (κ3) is 3.28. The summed E-state index contributed by atoms with van der Waals surface area (Å²) in [6.45, 7) is 22.0. The van der Waals surface area contributed by atoms with Gasteiger partial charge in [-0.2, -0.15) is 0 Å². The Morgan fingerprint density at radius 1 is 0.794 bits per heavy atom. The fraction of sp³-hybridized carbons (Fsp3) is 0.906. The van der Waals surface area contributed by atoms with Gasteiger partial charge in [0.15, 0.2) is 0 Å². The number of ether oxygens (including phenoxy) is 1.